The molecule has 1 heterocycles. The number of nitrogens with one attached hydrogen (secondary N) is 1. The molecule has 1 saturated heterocycles. The predicted molar refractivity (Wildman–Crippen MR) is 73.3 cm³/mol. The first-order valence-electron chi connectivity index (χ1n) is 5.99. The Bertz CT molecular complexity index is 478. The van der Waals surface area contributed by atoms with Crippen LogP contribution >= 0.6 is 15.9 Å². The van der Waals surface area contributed by atoms with Gasteiger partial charge in [0.2, 0.25) is 5.91 Å². The van der Waals surface area contributed by atoms with E-state index in [9.17, 15) is 9.18 Å². The molecule has 1 aliphatic rings. The summed E-state index contributed by atoms with van der Waals surface area (Å²) in [7, 11) is 1.78. The van der Waals surface area contributed by atoms with Crippen molar-refractivity contribution in [2.45, 2.75) is 25.8 Å². The summed E-state index contributed by atoms with van der Waals surface area (Å²) < 4.78 is 14.0. The minimum Gasteiger partial charge on any atom is -0.311 e. The second kappa shape index (κ2) is 5.36. The van der Waals surface area contributed by atoms with Crippen molar-refractivity contribution in [2.24, 2.45) is 0 Å². The summed E-state index contributed by atoms with van der Waals surface area (Å²) in [6.07, 6.45) is 1.76. The van der Waals surface area contributed by atoms with Gasteiger partial charge < -0.3 is 10.2 Å². The summed E-state index contributed by atoms with van der Waals surface area (Å²) in [5, 5.41) is 3.00. The summed E-state index contributed by atoms with van der Waals surface area (Å²) in [6.45, 7) is 2.54. The van der Waals surface area contributed by atoms with E-state index in [1.807, 2.05) is 6.92 Å². The van der Waals surface area contributed by atoms with Gasteiger partial charge in [0.15, 0.2) is 0 Å². The van der Waals surface area contributed by atoms with Gasteiger partial charge in [-0.3, -0.25) is 4.79 Å². The van der Waals surface area contributed by atoms with Crippen LogP contribution in [0.1, 0.15) is 18.4 Å². The maximum Gasteiger partial charge on any atom is 0.244 e. The highest BCUT2D eigenvalue weighted by molar-refractivity contribution is 9.10. The van der Waals surface area contributed by atoms with Crippen LogP contribution in [0, 0.1) is 12.7 Å². The number of hydrogen-bond acceptors (Lipinski definition) is 2. The normalized spacial score (nSPS) is 20.3. The lowest BCUT2D eigenvalue weighted by Crippen LogP contribution is -2.50. The van der Waals surface area contributed by atoms with Crippen molar-refractivity contribution < 1.29 is 9.18 Å². The number of halogens is 2. The van der Waals surface area contributed by atoms with Gasteiger partial charge in [-0.1, -0.05) is 0 Å². The molecule has 0 aliphatic carbocycles. The van der Waals surface area contributed by atoms with E-state index in [2.05, 4.69) is 21.2 Å². The number of carbonyl (C=O) groups excluding carboxylic acids is 1. The van der Waals surface area contributed by atoms with Gasteiger partial charge in [-0.25, -0.2) is 4.39 Å². The average molecular weight is 315 g/mol. The highest BCUT2D eigenvalue weighted by atomic mass is 79.9. The number of amides is 1. The van der Waals surface area contributed by atoms with E-state index < -0.39 is 0 Å². The monoisotopic (exact) mass is 314 g/mol. The molecule has 1 aromatic rings. The van der Waals surface area contributed by atoms with Crippen LogP contribution in [0.5, 0.6) is 0 Å². The number of hydrogen-bond donors (Lipinski definition) is 1. The Labute approximate surface area is 114 Å². The van der Waals surface area contributed by atoms with E-state index in [-0.39, 0.29) is 17.8 Å². The molecule has 0 bridgehead atoms. The molecular weight excluding hydrogens is 299 g/mol. The molecule has 0 radical (unpaired) electrons. The van der Waals surface area contributed by atoms with Crippen molar-refractivity contribution in [1.82, 2.24) is 5.32 Å². The van der Waals surface area contributed by atoms with E-state index in [0.717, 1.165) is 18.4 Å². The van der Waals surface area contributed by atoms with E-state index >= 15 is 0 Å². The average Bonchev–Trinajstić information content (AvgIpc) is 2.34. The molecule has 3 nitrogen and oxygen atoms in total. The van der Waals surface area contributed by atoms with Gasteiger partial charge in [-0.05, 0) is 60.4 Å². The van der Waals surface area contributed by atoms with Gasteiger partial charge in [0.1, 0.15) is 5.82 Å². The first kappa shape index (κ1) is 13.5. The van der Waals surface area contributed by atoms with Crippen molar-refractivity contribution in [3.05, 3.63) is 28.0 Å². The van der Waals surface area contributed by atoms with Gasteiger partial charge >= 0.3 is 0 Å². The quantitative estimate of drug-likeness (QED) is 0.910. The largest absolute Gasteiger partial charge is 0.311 e. The second-order valence-corrected chi connectivity index (χ2v) is 5.38. The molecule has 2 rings (SSSR count). The predicted octanol–water partition coefficient (Wildman–Crippen LogP) is 2.61. The van der Waals surface area contributed by atoms with Crippen LogP contribution in [-0.4, -0.2) is 25.5 Å². The fourth-order valence-corrected chi connectivity index (χ4v) is 2.77. The van der Waals surface area contributed by atoms with E-state index in [1.54, 1.807) is 18.0 Å². The number of likely N-dealkylation sites (N-methyl/N-ethyl adjacent to an activating group) is 1. The summed E-state index contributed by atoms with van der Waals surface area (Å²) in [5.74, 6) is -0.316. The second-order valence-electron chi connectivity index (χ2n) is 4.53. The molecule has 5 heteroatoms. The molecule has 1 fully saturated rings. The highest BCUT2D eigenvalue weighted by Crippen LogP contribution is 2.29. The van der Waals surface area contributed by atoms with Crippen LogP contribution in [0.15, 0.2) is 16.6 Å². The summed E-state index contributed by atoms with van der Waals surface area (Å²) >= 11 is 3.15. The zero-order chi connectivity index (χ0) is 13.3. The molecular formula is C13H16BrFN2O. The maximum atomic E-state index is 13.6. The fourth-order valence-electron chi connectivity index (χ4n) is 2.31. The number of aryl methyl sites for hydroxylation is 1. The Morgan fingerprint density at radius 3 is 2.89 bits per heavy atom. The van der Waals surface area contributed by atoms with Crippen LogP contribution in [0.4, 0.5) is 10.1 Å². The Morgan fingerprint density at radius 1 is 1.50 bits per heavy atom. The van der Waals surface area contributed by atoms with E-state index in [1.165, 1.54) is 6.07 Å². The Morgan fingerprint density at radius 2 is 2.22 bits per heavy atom. The molecule has 1 aliphatic heterocycles. The summed E-state index contributed by atoms with van der Waals surface area (Å²) in [6, 6.07) is 2.97. The standard InChI is InChI=1S/C13H16BrFN2O/c1-8-6-9(14)10(15)7-12(8)17-5-3-4-11(16-2)13(17)18/h6-7,11,16H,3-5H2,1-2H3. The Kier molecular flexibility index (Phi) is 4.02. The topological polar surface area (TPSA) is 32.3 Å². The molecule has 18 heavy (non-hydrogen) atoms. The molecule has 0 aromatic heterocycles. The highest BCUT2D eigenvalue weighted by Gasteiger charge is 2.29. The third-order valence-electron chi connectivity index (χ3n) is 3.32. The number of carbonyl (C=O) groups is 1. The summed E-state index contributed by atoms with van der Waals surface area (Å²) in [5.41, 5.74) is 1.56. The molecule has 0 spiro atoms. The molecule has 0 saturated carbocycles. The summed E-state index contributed by atoms with van der Waals surface area (Å²) in [4.78, 5) is 13.9. The maximum absolute atomic E-state index is 13.6. The molecule has 98 valence electrons. The first-order chi connectivity index (χ1) is 8.54. The zero-order valence-corrected chi connectivity index (χ0v) is 12.1. The van der Waals surface area contributed by atoms with Crippen molar-refractivity contribution in [1.29, 1.82) is 0 Å². The van der Waals surface area contributed by atoms with Crippen molar-refractivity contribution >= 4 is 27.5 Å². The first-order valence-corrected chi connectivity index (χ1v) is 6.78. The lowest BCUT2D eigenvalue weighted by atomic mass is 10.0. The van der Waals surface area contributed by atoms with Crippen LogP contribution in [0.3, 0.4) is 0 Å². The number of anilines is 1. The number of nitrogens with zero attached hydrogens (tertiary/aromatic N) is 1. The van der Waals surface area contributed by atoms with E-state index in [0.29, 0.717) is 16.7 Å². The zero-order valence-electron chi connectivity index (χ0n) is 10.5. The fraction of sp³-hybridized carbons (Fsp3) is 0.462. The van der Waals surface area contributed by atoms with Gasteiger partial charge in [0.25, 0.3) is 0 Å². The van der Waals surface area contributed by atoms with Crippen molar-refractivity contribution in [3.63, 3.8) is 0 Å². The Balaban J connectivity index is 2.36. The van der Waals surface area contributed by atoms with Crippen LogP contribution in [0.2, 0.25) is 0 Å². The van der Waals surface area contributed by atoms with Crippen molar-refractivity contribution in [2.75, 3.05) is 18.5 Å². The molecule has 1 atom stereocenters. The third-order valence-corrected chi connectivity index (χ3v) is 3.92. The molecule has 1 N–H and O–H groups in total. The van der Waals surface area contributed by atoms with Gasteiger partial charge in [0.05, 0.1) is 10.5 Å². The lowest BCUT2D eigenvalue weighted by Gasteiger charge is -2.33. The third kappa shape index (κ3) is 2.42. The lowest BCUT2D eigenvalue weighted by molar-refractivity contribution is -0.121. The van der Waals surface area contributed by atoms with Crippen LogP contribution in [-0.2, 0) is 4.79 Å². The molecule has 1 unspecified atom stereocenters. The molecule has 1 amide bonds. The molecule has 1 aromatic carbocycles. The van der Waals surface area contributed by atoms with Crippen LogP contribution in [0.25, 0.3) is 0 Å². The number of piperidine rings is 1. The SMILES string of the molecule is CNC1CCCN(c2cc(F)c(Br)cc2C)C1=O. The minimum atomic E-state index is -0.338. The number of benzene rings is 1. The minimum absolute atomic E-state index is 0.0218. The van der Waals surface area contributed by atoms with Gasteiger partial charge in [-0.2, -0.15) is 0 Å². The van der Waals surface area contributed by atoms with Gasteiger partial charge in [-0.15, -0.1) is 0 Å². The van der Waals surface area contributed by atoms with Crippen molar-refractivity contribution in [3.8, 4) is 0 Å². The number of rotatable bonds is 2. The smallest absolute Gasteiger partial charge is 0.244 e. The van der Waals surface area contributed by atoms with Crippen LogP contribution < -0.4 is 10.2 Å². The Hall–Kier alpha value is -0.940. The van der Waals surface area contributed by atoms with Gasteiger partial charge in [0, 0.05) is 12.2 Å². The van der Waals surface area contributed by atoms with E-state index in [4.69, 9.17) is 0 Å².